The van der Waals surface area contributed by atoms with Crippen molar-refractivity contribution in [2.24, 2.45) is 0 Å². The molecule has 2 heterocycles. The van der Waals surface area contributed by atoms with Crippen LogP contribution in [0.15, 0.2) is 133 Å². The molecule has 5 aromatic carbocycles. The maximum absolute atomic E-state index is 15.5. The highest BCUT2D eigenvalue weighted by atomic mass is 19.4. The van der Waals surface area contributed by atoms with Gasteiger partial charge in [-0.25, -0.2) is 9.97 Å². The quantitative estimate of drug-likeness (QED) is 0.156. The van der Waals surface area contributed by atoms with Crippen LogP contribution >= 0.6 is 0 Å². The van der Waals surface area contributed by atoms with E-state index >= 15 is 52.7 Å². The zero-order chi connectivity index (χ0) is 43.4. The van der Waals surface area contributed by atoms with Crippen molar-refractivity contribution in [2.75, 3.05) is 0 Å². The minimum absolute atomic E-state index is 0.219. The standard InChI is InChI=1S/C46H28F12N2/c1-25-16-20-27(21-17-25)33-35(43(47,48)49)39(29-10-5-3-6-11-29)59-41(37(33)45(53,54)55)31-14-9-15-32(24-31)42-38(46(56,57)58)34(28-22-18-26(2)19-23-28)36(44(50,51)52)40(60-42)30-12-7-4-8-13-30/h3-24H,1-2H3. The van der Waals surface area contributed by atoms with E-state index in [1.807, 2.05) is 0 Å². The minimum atomic E-state index is -5.55. The third-order valence-corrected chi connectivity index (χ3v) is 9.71. The van der Waals surface area contributed by atoms with Gasteiger partial charge in [0.1, 0.15) is 0 Å². The normalized spacial score (nSPS) is 12.5. The lowest BCUT2D eigenvalue weighted by atomic mass is 9.86. The van der Waals surface area contributed by atoms with Gasteiger partial charge in [-0.2, -0.15) is 52.7 Å². The fourth-order valence-electron chi connectivity index (χ4n) is 7.13. The van der Waals surface area contributed by atoms with Crippen molar-refractivity contribution in [1.82, 2.24) is 9.97 Å². The van der Waals surface area contributed by atoms with Gasteiger partial charge in [-0.05, 0) is 31.0 Å². The molecule has 0 saturated carbocycles. The summed E-state index contributed by atoms with van der Waals surface area (Å²) in [4.78, 5) is 8.02. The van der Waals surface area contributed by atoms with Crippen molar-refractivity contribution in [3.8, 4) is 67.3 Å². The number of pyridine rings is 2. The van der Waals surface area contributed by atoms with Crippen LogP contribution in [0.4, 0.5) is 52.7 Å². The number of rotatable bonds is 6. The minimum Gasteiger partial charge on any atom is -0.246 e. The SMILES string of the molecule is Cc1ccc(-c2c(C(F)(F)F)c(-c3ccccc3)nc(-c3cccc(-c4nc(-c5ccccc5)c(C(F)(F)F)c(-c5ccc(C)cc5)c4C(F)(F)F)c3)c2C(F)(F)F)cc1. The van der Waals surface area contributed by atoms with E-state index in [1.165, 1.54) is 84.9 Å². The van der Waals surface area contributed by atoms with Crippen molar-refractivity contribution < 1.29 is 52.7 Å². The molecule has 2 aromatic heterocycles. The molecule has 0 amide bonds. The Kier molecular flexibility index (Phi) is 10.6. The van der Waals surface area contributed by atoms with E-state index in [1.54, 1.807) is 13.8 Å². The summed E-state index contributed by atoms with van der Waals surface area (Å²) < 4.78 is 184. The zero-order valence-corrected chi connectivity index (χ0v) is 31.1. The van der Waals surface area contributed by atoms with E-state index in [0.29, 0.717) is 11.1 Å². The number of hydrogen-bond acceptors (Lipinski definition) is 2. The number of alkyl halides is 12. The first kappa shape index (κ1) is 41.7. The summed E-state index contributed by atoms with van der Waals surface area (Å²) in [5.41, 5.74) is -15.1. The number of nitrogens with zero attached hydrogens (tertiary/aromatic N) is 2. The van der Waals surface area contributed by atoms with E-state index < -0.39 is 103 Å². The Morgan fingerprint density at radius 3 is 0.850 bits per heavy atom. The van der Waals surface area contributed by atoms with Crippen molar-refractivity contribution in [1.29, 1.82) is 0 Å². The fourth-order valence-corrected chi connectivity index (χ4v) is 7.13. The van der Waals surface area contributed by atoms with Gasteiger partial charge in [-0.3, -0.25) is 0 Å². The molecule has 0 bridgehead atoms. The van der Waals surface area contributed by atoms with Gasteiger partial charge in [0.15, 0.2) is 0 Å². The van der Waals surface area contributed by atoms with Crippen LogP contribution in [0.1, 0.15) is 33.4 Å². The van der Waals surface area contributed by atoms with Gasteiger partial charge in [-0.15, -0.1) is 0 Å². The third-order valence-electron chi connectivity index (χ3n) is 9.71. The van der Waals surface area contributed by atoms with E-state index in [4.69, 9.17) is 0 Å². The second-order valence-electron chi connectivity index (χ2n) is 13.9. The molecule has 60 heavy (non-hydrogen) atoms. The van der Waals surface area contributed by atoms with Crippen molar-refractivity contribution in [2.45, 2.75) is 38.6 Å². The van der Waals surface area contributed by atoms with Crippen molar-refractivity contribution in [3.05, 3.63) is 167 Å². The van der Waals surface area contributed by atoms with Crippen molar-refractivity contribution >= 4 is 0 Å². The molecule has 0 N–H and O–H groups in total. The molecule has 0 fully saturated rings. The van der Waals surface area contributed by atoms with Crippen LogP contribution in [0, 0.1) is 13.8 Å². The van der Waals surface area contributed by atoms with Crippen LogP contribution in [-0.2, 0) is 24.7 Å². The molecule has 2 nitrogen and oxygen atoms in total. The Morgan fingerprint density at radius 1 is 0.300 bits per heavy atom. The molecule has 0 atom stereocenters. The monoisotopic (exact) mass is 836 g/mol. The molecular weight excluding hydrogens is 808 g/mol. The molecule has 0 radical (unpaired) electrons. The second-order valence-corrected chi connectivity index (χ2v) is 13.9. The van der Waals surface area contributed by atoms with E-state index in [9.17, 15) is 0 Å². The second kappa shape index (κ2) is 15.3. The van der Waals surface area contributed by atoms with Gasteiger partial charge >= 0.3 is 24.7 Å². The summed E-state index contributed by atoms with van der Waals surface area (Å²) in [5, 5.41) is 0. The lowest BCUT2D eigenvalue weighted by Crippen LogP contribution is -2.19. The van der Waals surface area contributed by atoms with Crippen LogP contribution in [0.2, 0.25) is 0 Å². The molecule has 0 unspecified atom stereocenters. The Bertz CT molecular complexity index is 2500. The lowest BCUT2D eigenvalue weighted by Gasteiger charge is -2.26. The molecule has 0 aliphatic rings. The average molecular weight is 837 g/mol. The molecule has 306 valence electrons. The Balaban J connectivity index is 1.64. The Morgan fingerprint density at radius 2 is 0.567 bits per heavy atom. The zero-order valence-electron chi connectivity index (χ0n) is 31.1. The first-order valence-corrected chi connectivity index (χ1v) is 17.9. The maximum Gasteiger partial charge on any atom is 0.419 e. The molecule has 7 rings (SSSR count). The average Bonchev–Trinajstić information content (AvgIpc) is 3.19. The summed E-state index contributed by atoms with van der Waals surface area (Å²) in [6.45, 7) is 3.16. The largest absolute Gasteiger partial charge is 0.419 e. The first-order valence-electron chi connectivity index (χ1n) is 17.9. The number of aromatic nitrogens is 2. The molecular formula is C46H28F12N2. The molecule has 0 saturated heterocycles. The number of hydrogen-bond donors (Lipinski definition) is 0. The van der Waals surface area contributed by atoms with Crippen LogP contribution in [0.25, 0.3) is 67.3 Å². The topological polar surface area (TPSA) is 25.8 Å². The fraction of sp³-hybridized carbons (Fsp3) is 0.130. The molecule has 0 aliphatic heterocycles. The van der Waals surface area contributed by atoms with Gasteiger partial charge < -0.3 is 0 Å². The summed E-state index contributed by atoms with van der Waals surface area (Å²) in [6.07, 6.45) is -21.9. The summed E-state index contributed by atoms with van der Waals surface area (Å²) in [7, 11) is 0. The number of aryl methyl sites for hydroxylation is 2. The van der Waals surface area contributed by atoms with E-state index in [0.717, 1.165) is 48.5 Å². The van der Waals surface area contributed by atoms with Crippen LogP contribution in [0.3, 0.4) is 0 Å². The number of benzene rings is 5. The van der Waals surface area contributed by atoms with Gasteiger partial charge in [0, 0.05) is 33.4 Å². The third kappa shape index (κ3) is 8.10. The van der Waals surface area contributed by atoms with Crippen molar-refractivity contribution in [3.63, 3.8) is 0 Å². The van der Waals surface area contributed by atoms with Crippen LogP contribution < -0.4 is 0 Å². The molecule has 7 aromatic rings. The van der Waals surface area contributed by atoms with Gasteiger partial charge in [0.25, 0.3) is 0 Å². The predicted molar refractivity (Wildman–Crippen MR) is 204 cm³/mol. The summed E-state index contributed by atoms with van der Waals surface area (Å²) >= 11 is 0. The van der Waals surface area contributed by atoms with Gasteiger partial charge in [0.2, 0.25) is 0 Å². The first-order chi connectivity index (χ1) is 28.1. The molecule has 0 spiro atoms. The Hall–Kier alpha value is -6.44. The number of halogens is 12. The highest BCUT2D eigenvalue weighted by Crippen LogP contribution is 2.54. The summed E-state index contributed by atoms with van der Waals surface area (Å²) in [5.74, 6) is 0. The van der Waals surface area contributed by atoms with Crippen LogP contribution in [-0.4, -0.2) is 9.97 Å². The van der Waals surface area contributed by atoms with Gasteiger partial charge in [0.05, 0.1) is 45.0 Å². The predicted octanol–water partition coefficient (Wildman–Crippen LogP) is 15.2. The lowest BCUT2D eigenvalue weighted by molar-refractivity contribution is -0.143. The smallest absolute Gasteiger partial charge is 0.246 e. The van der Waals surface area contributed by atoms with Gasteiger partial charge in [-0.1, -0.05) is 139 Å². The Labute approximate surface area is 334 Å². The highest BCUT2D eigenvalue weighted by molar-refractivity contribution is 5.89. The highest BCUT2D eigenvalue weighted by Gasteiger charge is 2.48. The summed E-state index contributed by atoms with van der Waals surface area (Å²) in [6, 6.07) is 26.7. The molecule has 0 aliphatic carbocycles. The van der Waals surface area contributed by atoms with Crippen LogP contribution in [0.5, 0.6) is 0 Å². The maximum atomic E-state index is 15.5. The van der Waals surface area contributed by atoms with E-state index in [-0.39, 0.29) is 11.1 Å². The van der Waals surface area contributed by atoms with E-state index in [2.05, 4.69) is 9.97 Å². The molecule has 14 heteroatoms.